The smallest absolute Gasteiger partial charge is 0.410 e. The van der Waals surface area contributed by atoms with Crippen LogP contribution in [-0.2, 0) is 12.8 Å². The van der Waals surface area contributed by atoms with Gasteiger partial charge in [0.25, 0.3) is 0 Å². The lowest BCUT2D eigenvalue weighted by atomic mass is 10.1. The molecule has 0 fully saturated rings. The molecule has 3 nitrogen and oxygen atoms in total. The maximum atomic E-state index is 12.0. The highest BCUT2D eigenvalue weighted by molar-refractivity contribution is 5.86. The number of aryl methyl sites for hydroxylation is 2. The summed E-state index contributed by atoms with van der Waals surface area (Å²) in [5, 5.41) is 2.76. The Bertz CT molecular complexity index is 562. The molecule has 1 N–H and O–H groups in total. The highest BCUT2D eigenvalue weighted by Gasteiger charge is 2.05. The second-order valence-corrected chi connectivity index (χ2v) is 6.06. The third kappa shape index (κ3) is 6.07. The Kier molecular flexibility index (Phi) is 7.34. The van der Waals surface area contributed by atoms with Crippen LogP contribution in [-0.4, -0.2) is 6.09 Å². The van der Waals surface area contributed by atoms with Crippen molar-refractivity contribution in [3.8, 4) is 5.75 Å². The quantitative estimate of drug-likeness (QED) is 0.648. The molecule has 1 amide bonds. The number of amides is 1. The normalized spacial score (nSPS) is 10.4. The molecular formula is C21H27NO2. The molecule has 0 bridgehead atoms. The van der Waals surface area contributed by atoms with Gasteiger partial charge < -0.3 is 4.74 Å². The number of carbonyl (C=O) groups is 1. The Morgan fingerprint density at radius 3 is 1.83 bits per heavy atom. The van der Waals surface area contributed by atoms with Gasteiger partial charge in [-0.05, 0) is 61.1 Å². The SMILES string of the molecule is CCCCc1ccc(NC(=O)Oc2ccc(CCCC)cc2)cc1. The Labute approximate surface area is 145 Å². The molecule has 0 spiro atoms. The molecule has 0 aromatic heterocycles. The Morgan fingerprint density at radius 2 is 1.33 bits per heavy atom. The van der Waals surface area contributed by atoms with Crippen LogP contribution < -0.4 is 10.1 Å². The first-order valence-electron chi connectivity index (χ1n) is 8.88. The predicted octanol–water partition coefficient (Wildman–Crippen LogP) is 5.98. The molecule has 0 saturated heterocycles. The molecule has 0 radical (unpaired) electrons. The lowest BCUT2D eigenvalue weighted by molar-refractivity contribution is 0.215. The maximum absolute atomic E-state index is 12.0. The van der Waals surface area contributed by atoms with E-state index >= 15 is 0 Å². The zero-order valence-corrected chi connectivity index (χ0v) is 14.7. The molecule has 0 aliphatic heterocycles. The van der Waals surface area contributed by atoms with E-state index in [-0.39, 0.29) is 0 Å². The van der Waals surface area contributed by atoms with E-state index in [1.54, 1.807) is 0 Å². The number of nitrogens with one attached hydrogen (secondary N) is 1. The number of benzene rings is 2. The third-order valence-electron chi connectivity index (χ3n) is 3.97. The van der Waals surface area contributed by atoms with E-state index in [0.717, 1.165) is 18.5 Å². The van der Waals surface area contributed by atoms with Crippen LogP contribution in [0.3, 0.4) is 0 Å². The van der Waals surface area contributed by atoms with Gasteiger partial charge in [0.05, 0.1) is 0 Å². The molecule has 0 unspecified atom stereocenters. The molecule has 0 aliphatic rings. The summed E-state index contributed by atoms with van der Waals surface area (Å²) in [6, 6.07) is 15.7. The van der Waals surface area contributed by atoms with Crippen LogP contribution in [0.5, 0.6) is 5.75 Å². The number of ether oxygens (including phenoxy) is 1. The summed E-state index contributed by atoms with van der Waals surface area (Å²) < 4.78 is 5.32. The van der Waals surface area contributed by atoms with Gasteiger partial charge in [-0.15, -0.1) is 0 Å². The number of carbonyl (C=O) groups excluding carboxylic acids is 1. The Hall–Kier alpha value is -2.29. The van der Waals surface area contributed by atoms with E-state index in [0.29, 0.717) is 5.75 Å². The van der Waals surface area contributed by atoms with Crippen molar-refractivity contribution in [3.05, 3.63) is 59.7 Å². The van der Waals surface area contributed by atoms with Crippen LogP contribution in [0.2, 0.25) is 0 Å². The van der Waals surface area contributed by atoms with Gasteiger partial charge in [0.2, 0.25) is 0 Å². The highest BCUT2D eigenvalue weighted by atomic mass is 16.6. The third-order valence-corrected chi connectivity index (χ3v) is 3.97. The van der Waals surface area contributed by atoms with Gasteiger partial charge in [0.15, 0.2) is 0 Å². The van der Waals surface area contributed by atoms with E-state index in [4.69, 9.17) is 4.74 Å². The van der Waals surface area contributed by atoms with Crippen LogP contribution in [0.4, 0.5) is 10.5 Å². The maximum Gasteiger partial charge on any atom is 0.417 e. The standard InChI is InChI=1S/C21H27NO2/c1-3-5-7-17-9-13-19(14-10-17)22-21(23)24-20-15-11-18(12-16-20)8-6-4-2/h9-16H,3-8H2,1-2H3,(H,22,23). The van der Waals surface area contributed by atoms with Gasteiger partial charge in [-0.25, -0.2) is 4.79 Å². The van der Waals surface area contributed by atoms with E-state index in [1.807, 2.05) is 48.5 Å². The second-order valence-electron chi connectivity index (χ2n) is 6.06. The molecule has 24 heavy (non-hydrogen) atoms. The number of hydrogen-bond donors (Lipinski definition) is 1. The van der Waals surface area contributed by atoms with E-state index < -0.39 is 6.09 Å². The van der Waals surface area contributed by atoms with Crippen LogP contribution in [0.15, 0.2) is 48.5 Å². The molecule has 0 saturated carbocycles. The minimum absolute atomic E-state index is 0.461. The number of anilines is 1. The van der Waals surface area contributed by atoms with Crippen molar-refractivity contribution >= 4 is 11.8 Å². The Balaban J connectivity index is 1.84. The fraction of sp³-hybridized carbons (Fsp3) is 0.381. The fourth-order valence-electron chi connectivity index (χ4n) is 2.49. The second kappa shape index (κ2) is 9.76. The predicted molar refractivity (Wildman–Crippen MR) is 99.8 cm³/mol. The monoisotopic (exact) mass is 325 g/mol. The minimum atomic E-state index is -0.461. The van der Waals surface area contributed by atoms with Crippen LogP contribution in [0.1, 0.15) is 50.7 Å². The van der Waals surface area contributed by atoms with Gasteiger partial charge >= 0.3 is 6.09 Å². The molecule has 3 heteroatoms. The van der Waals surface area contributed by atoms with Crippen molar-refractivity contribution in [2.24, 2.45) is 0 Å². The van der Waals surface area contributed by atoms with Gasteiger partial charge in [-0.1, -0.05) is 51.0 Å². The van der Waals surface area contributed by atoms with Crippen LogP contribution in [0, 0.1) is 0 Å². The first-order chi connectivity index (χ1) is 11.7. The van der Waals surface area contributed by atoms with Crippen LogP contribution >= 0.6 is 0 Å². The van der Waals surface area contributed by atoms with Gasteiger partial charge in [0.1, 0.15) is 5.75 Å². The van der Waals surface area contributed by atoms with Crippen molar-refractivity contribution in [2.75, 3.05) is 5.32 Å². The highest BCUT2D eigenvalue weighted by Crippen LogP contribution is 2.16. The molecule has 2 aromatic rings. The van der Waals surface area contributed by atoms with Crippen LogP contribution in [0.25, 0.3) is 0 Å². The molecule has 0 aliphatic carbocycles. The molecule has 128 valence electrons. The van der Waals surface area contributed by atoms with Crippen molar-refractivity contribution in [1.29, 1.82) is 0 Å². The van der Waals surface area contributed by atoms with E-state index in [9.17, 15) is 4.79 Å². The molecular weight excluding hydrogens is 298 g/mol. The van der Waals surface area contributed by atoms with Gasteiger partial charge in [-0.3, -0.25) is 5.32 Å². The van der Waals surface area contributed by atoms with Crippen molar-refractivity contribution in [3.63, 3.8) is 0 Å². The summed E-state index contributed by atoms with van der Waals surface area (Å²) in [6.45, 7) is 4.36. The lowest BCUT2D eigenvalue weighted by Gasteiger charge is -2.08. The minimum Gasteiger partial charge on any atom is -0.410 e. The number of rotatable bonds is 8. The zero-order valence-electron chi connectivity index (χ0n) is 14.7. The summed E-state index contributed by atoms with van der Waals surface area (Å²) in [5.41, 5.74) is 3.31. The van der Waals surface area contributed by atoms with E-state index in [2.05, 4.69) is 19.2 Å². The Morgan fingerprint density at radius 1 is 0.833 bits per heavy atom. The molecule has 0 heterocycles. The van der Waals surface area contributed by atoms with Crippen molar-refractivity contribution in [2.45, 2.75) is 52.4 Å². The average molecular weight is 325 g/mol. The zero-order chi connectivity index (χ0) is 17.2. The topological polar surface area (TPSA) is 38.3 Å². The van der Waals surface area contributed by atoms with Gasteiger partial charge in [0, 0.05) is 5.69 Å². The van der Waals surface area contributed by atoms with Crippen molar-refractivity contribution in [1.82, 2.24) is 0 Å². The van der Waals surface area contributed by atoms with E-state index in [1.165, 1.54) is 36.8 Å². The molecule has 2 aromatic carbocycles. The summed E-state index contributed by atoms with van der Waals surface area (Å²) in [6.07, 6.45) is 6.40. The molecule has 0 atom stereocenters. The molecule has 2 rings (SSSR count). The first-order valence-corrected chi connectivity index (χ1v) is 8.88. The summed E-state index contributed by atoms with van der Waals surface area (Å²) >= 11 is 0. The number of hydrogen-bond acceptors (Lipinski definition) is 2. The van der Waals surface area contributed by atoms with Crippen molar-refractivity contribution < 1.29 is 9.53 Å². The summed E-state index contributed by atoms with van der Waals surface area (Å²) in [5.74, 6) is 0.562. The first kappa shape index (κ1) is 18.1. The average Bonchev–Trinajstić information content (AvgIpc) is 2.60. The lowest BCUT2D eigenvalue weighted by Crippen LogP contribution is -2.16. The summed E-state index contributed by atoms with van der Waals surface area (Å²) in [4.78, 5) is 12.0. The van der Waals surface area contributed by atoms with Gasteiger partial charge in [-0.2, -0.15) is 0 Å². The largest absolute Gasteiger partial charge is 0.417 e. The summed E-state index contributed by atoms with van der Waals surface area (Å²) in [7, 11) is 0. The number of unbranched alkanes of at least 4 members (excludes halogenated alkanes) is 2. The fourth-order valence-corrected chi connectivity index (χ4v) is 2.49.